The van der Waals surface area contributed by atoms with Gasteiger partial charge in [-0.1, -0.05) is 25.1 Å². The lowest BCUT2D eigenvalue weighted by atomic mass is 9.85. The van der Waals surface area contributed by atoms with Gasteiger partial charge in [0.2, 0.25) is 0 Å². The molecule has 0 aliphatic carbocycles. The number of hydrogen-bond acceptors (Lipinski definition) is 3. The second-order valence-electron chi connectivity index (χ2n) is 5.32. The highest BCUT2D eigenvalue weighted by Crippen LogP contribution is 2.42. The minimum atomic E-state index is 0.224. The molecule has 0 bridgehead atoms. The van der Waals surface area contributed by atoms with Crippen LogP contribution in [0.4, 0.5) is 0 Å². The van der Waals surface area contributed by atoms with Crippen molar-refractivity contribution in [2.45, 2.75) is 25.3 Å². The van der Waals surface area contributed by atoms with E-state index in [2.05, 4.69) is 51.5 Å². The smallest absolute Gasteiger partial charge is 0.122 e. The number of nitrogens with one attached hydrogen (secondary N) is 1. The largest absolute Gasteiger partial charge is 0.493 e. The first-order valence-corrected chi connectivity index (χ1v) is 8.14. The standard InChI is InChI=1S/C16H20BrN3O/c1-3-18-15(16-13(17)10-19-20(16)2)12-8-9-21-14-7-5-4-6-11(12)14/h4-7,10,12,15,18H,3,8-9H2,1-2H3. The van der Waals surface area contributed by atoms with Crippen molar-refractivity contribution in [1.29, 1.82) is 0 Å². The highest BCUT2D eigenvalue weighted by Gasteiger charge is 2.32. The molecule has 0 fully saturated rings. The van der Waals surface area contributed by atoms with Gasteiger partial charge in [-0.25, -0.2) is 0 Å². The fraction of sp³-hybridized carbons (Fsp3) is 0.438. The molecular formula is C16H20BrN3O. The molecular weight excluding hydrogens is 330 g/mol. The molecule has 3 rings (SSSR count). The Kier molecular flexibility index (Phi) is 4.31. The second-order valence-corrected chi connectivity index (χ2v) is 6.17. The first-order chi connectivity index (χ1) is 10.2. The van der Waals surface area contributed by atoms with Crippen molar-refractivity contribution in [2.75, 3.05) is 13.2 Å². The van der Waals surface area contributed by atoms with Crippen molar-refractivity contribution in [3.63, 3.8) is 0 Å². The van der Waals surface area contributed by atoms with Crippen LogP contribution in [-0.2, 0) is 7.05 Å². The van der Waals surface area contributed by atoms with Gasteiger partial charge < -0.3 is 10.1 Å². The van der Waals surface area contributed by atoms with Gasteiger partial charge in [-0.05, 0) is 40.5 Å². The Hall–Kier alpha value is -1.33. The van der Waals surface area contributed by atoms with Crippen LogP contribution in [0, 0.1) is 0 Å². The van der Waals surface area contributed by atoms with E-state index in [0.29, 0.717) is 5.92 Å². The summed E-state index contributed by atoms with van der Waals surface area (Å²) in [5.41, 5.74) is 2.47. The normalized spacial score (nSPS) is 18.9. The Balaban J connectivity index is 2.03. The predicted molar refractivity (Wildman–Crippen MR) is 86.6 cm³/mol. The van der Waals surface area contributed by atoms with Crippen molar-refractivity contribution >= 4 is 15.9 Å². The van der Waals surface area contributed by atoms with Gasteiger partial charge in [-0.2, -0.15) is 5.10 Å². The summed E-state index contributed by atoms with van der Waals surface area (Å²) in [5, 5.41) is 8.00. The van der Waals surface area contributed by atoms with Gasteiger partial charge in [0, 0.05) is 13.0 Å². The molecule has 2 unspecified atom stereocenters. The van der Waals surface area contributed by atoms with Gasteiger partial charge in [-0.3, -0.25) is 4.68 Å². The molecule has 0 saturated carbocycles. The molecule has 5 heteroatoms. The highest BCUT2D eigenvalue weighted by molar-refractivity contribution is 9.10. The summed E-state index contributed by atoms with van der Waals surface area (Å²) < 4.78 is 8.81. The molecule has 2 aromatic rings. The Labute approximate surface area is 133 Å². The maximum atomic E-state index is 5.80. The summed E-state index contributed by atoms with van der Waals surface area (Å²) in [6.07, 6.45) is 2.87. The zero-order valence-electron chi connectivity index (χ0n) is 12.3. The molecule has 1 aliphatic rings. The molecule has 112 valence electrons. The topological polar surface area (TPSA) is 39.1 Å². The van der Waals surface area contributed by atoms with E-state index in [4.69, 9.17) is 4.74 Å². The van der Waals surface area contributed by atoms with Crippen molar-refractivity contribution in [1.82, 2.24) is 15.1 Å². The van der Waals surface area contributed by atoms with E-state index in [-0.39, 0.29) is 6.04 Å². The Morgan fingerprint density at radius 3 is 3.00 bits per heavy atom. The van der Waals surface area contributed by atoms with Gasteiger partial charge >= 0.3 is 0 Å². The molecule has 1 aliphatic heterocycles. The molecule has 2 heterocycles. The van der Waals surface area contributed by atoms with E-state index < -0.39 is 0 Å². The monoisotopic (exact) mass is 349 g/mol. The lowest BCUT2D eigenvalue weighted by Gasteiger charge is -2.33. The van der Waals surface area contributed by atoms with Crippen LogP contribution in [0.2, 0.25) is 0 Å². The summed E-state index contributed by atoms with van der Waals surface area (Å²) in [5.74, 6) is 1.40. The van der Waals surface area contributed by atoms with Crippen molar-refractivity contribution in [3.05, 3.63) is 46.2 Å². The molecule has 4 nitrogen and oxygen atoms in total. The summed E-state index contributed by atoms with van der Waals surface area (Å²) in [4.78, 5) is 0. The zero-order valence-corrected chi connectivity index (χ0v) is 13.9. The third kappa shape index (κ3) is 2.72. The number of halogens is 1. The molecule has 21 heavy (non-hydrogen) atoms. The summed E-state index contributed by atoms with van der Waals surface area (Å²) >= 11 is 3.64. The Morgan fingerprint density at radius 1 is 1.48 bits per heavy atom. The second kappa shape index (κ2) is 6.20. The molecule has 2 atom stereocenters. The number of para-hydroxylation sites is 1. The average molecular weight is 350 g/mol. The quantitative estimate of drug-likeness (QED) is 0.919. The fourth-order valence-electron chi connectivity index (χ4n) is 3.14. The number of likely N-dealkylation sites (N-methyl/N-ethyl adjacent to an activating group) is 1. The van der Waals surface area contributed by atoms with Crippen LogP contribution in [0.15, 0.2) is 34.9 Å². The Morgan fingerprint density at radius 2 is 2.29 bits per heavy atom. The average Bonchev–Trinajstić information content (AvgIpc) is 2.84. The number of fused-ring (bicyclic) bond motifs is 1. The van der Waals surface area contributed by atoms with Crippen LogP contribution in [0.3, 0.4) is 0 Å². The van der Waals surface area contributed by atoms with Gasteiger partial charge in [-0.15, -0.1) is 0 Å². The summed E-state index contributed by atoms with van der Waals surface area (Å²) in [6.45, 7) is 3.82. The lowest BCUT2D eigenvalue weighted by Crippen LogP contribution is -2.32. The van der Waals surface area contributed by atoms with Gasteiger partial charge in [0.1, 0.15) is 5.75 Å². The zero-order chi connectivity index (χ0) is 14.8. The molecule has 0 spiro atoms. The fourth-order valence-corrected chi connectivity index (χ4v) is 3.73. The van der Waals surface area contributed by atoms with Gasteiger partial charge in [0.25, 0.3) is 0 Å². The van der Waals surface area contributed by atoms with E-state index in [1.165, 1.54) is 11.3 Å². The molecule has 1 aromatic heterocycles. The predicted octanol–water partition coefficient (Wildman–Crippen LogP) is 3.40. The number of nitrogens with zero attached hydrogens (tertiary/aromatic N) is 2. The third-order valence-corrected chi connectivity index (χ3v) is 4.67. The Bertz CT molecular complexity index is 606. The highest BCUT2D eigenvalue weighted by atomic mass is 79.9. The van der Waals surface area contributed by atoms with E-state index in [1.807, 2.05) is 24.0 Å². The first kappa shape index (κ1) is 14.6. The van der Waals surface area contributed by atoms with Crippen LogP contribution >= 0.6 is 15.9 Å². The minimum Gasteiger partial charge on any atom is -0.493 e. The summed E-state index contributed by atoms with van der Waals surface area (Å²) in [7, 11) is 2.00. The third-order valence-electron chi connectivity index (χ3n) is 4.06. The molecule has 0 saturated heterocycles. The van der Waals surface area contributed by atoms with Crippen LogP contribution in [0.25, 0.3) is 0 Å². The number of rotatable bonds is 4. The SMILES string of the molecule is CCNC(c1c(Br)cnn1C)C1CCOc2ccccc21. The van der Waals surface area contributed by atoms with Gasteiger partial charge in [0.05, 0.1) is 29.0 Å². The van der Waals surface area contributed by atoms with Crippen LogP contribution < -0.4 is 10.1 Å². The maximum absolute atomic E-state index is 5.80. The van der Waals surface area contributed by atoms with E-state index in [1.54, 1.807) is 0 Å². The molecule has 1 N–H and O–H groups in total. The van der Waals surface area contributed by atoms with Gasteiger partial charge in [0.15, 0.2) is 0 Å². The maximum Gasteiger partial charge on any atom is 0.122 e. The molecule has 1 aromatic carbocycles. The van der Waals surface area contributed by atoms with Crippen LogP contribution in [-0.4, -0.2) is 22.9 Å². The van der Waals surface area contributed by atoms with E-state index in [9.17, 15) is 0 Å². The van der Waals surface area contributed by atoms with Crippen molar-refractivity contribution < 1.29 is 4.74 Å². The summed E-state index contributed by atoms with van der Waals surface area (Å²) in [6, 6.07) is 8.57. The first-order valence-electron chi connectivity index (χ1n) is 7.35. The number of aryl methyl sites for hydroxylation is 1. The minimum absolute atomic E-state index is 0.224. The van der Waals surface area contributed by atoms with Crippen LogP contribution in [0.5, 0.6) is 5.75 Å². The molecule has 0 radical (unpaired) electrons. The molecule has 0 amide bonds. The number of benzene rings is 1. The van der Waals surface area contributed by atoms with Crippen LogP contribution in [0.1, 0.15) is 36.6 Å². The number of ether oxygens (including phenoxy) is 1. The van der Waals surface area contributed by atoms with Crippen molar-refractivity contribution in [3.8, 4) is 5.75 Å². The van der Waals surface area contributed by atoms with Crippen molar-refractivity contribution in [2.24, 2.45) is 7.05 Å². The number of hydrogen-bond donors (Lipinski definition) is 1. The van der Waals surface area contributed by atoms with E-state index >= 15 is 0 Å². The lowest BCUT2D eigenvalue weighted by molar-refractivity contribution is 0.243. The number of aromatic nitrogens is 2. The van der Waals surface area contributed by atoms with E-state index in [0.717, 1.165) is 29.8 Å².